The van der Waals surface area contributed by atoms with E-state index in [1.54, 1.807) is 12.5 Å². The lowest BCUT2D eigenvalue weighted by atomic mass is 9.92. The fourth-order valence-corrected chi connectivity index (χ4v) is 3.58. The Hall–Kier alpha value is -2.14. The average molecular weight is 296 g/mol. The second-order valence-electron chi connectivity index (χ2n) is 6.38. The predicted octanol–water partition coefficient (Wildman–Crippen LogP) is 2.20. The molecule has 0 radical (unpaired) electrons. The Balaban J connectivity index is 1.45. The van der Waals surface area contributed by atoms with Gasteiger partial charge in [-0.25, -0.2) is 4.98 Å². The van der Waals surface area contributed by atoms with Crippen molar-refractivity contribution in [3.8, 4) is 5.69 Å². The van der Waals surface area contributed by atoms with E-state index in [0.717, 1.165) is 43.7 Å². The highest BCUT2D eigenvalue weighted by molar-refractivity contribution is 5.95. The van der Waals surface area contributed by atoms with Crippen LogP contribution in [-0.4, -0.2) is 28.5 Å². The van der Waals surface area contributed by atoms with Crippen LogP contribution in [0.2, 0.25) is 0 Å². The fourth-order valence-electron chi connectivity index (χ4n) is 3.58. The molecule has 114 valence electrons. The van der Waals surface area contributed by atoms with Gasteiger partial charge in [-0.1, -0.05) is 6.07 Å². The quantitative estimate of drug-likeness (QED) is 0.913. The van der Waals surface area contributed by atoms with Gasteiger partial charge >= 0.3 is 0 Å². The van der Waals surface area contributed by atoms with Gasteiger partial charge in [0.05, 0.1) is 6.33 Å². The fraction of sp³-hybridized carbons (Fsp3) is 0.412. The van der Waals surface area contributed by atoms with Crippen LogP contribution in [0.5, 0.6) is 0 Å². The zero-order valence-corrected chi connectivity index (χ0v) is 12.5. The molecule has 22 heavy (non-hydrogen) atoms. The maximum Gasteiger partial charge on any atom is 0.228 e. The number of anilines is 1. The number of nitrogens with zero attached hydrogens (tertiary/aromatic N) is 2. The summed E-state index contributed by atoms with van der Waals surface area (Å²) in [5, 5.41) is 6.46. The van der Waals surface area contributed by atoms with Crippen molar-refractivity contribution < 1.29 is 4.79 Å². The molecule has 1 unspecified atom stereocenters. The number of nitrogens with one attached hydrogen (secondary N) is 2. The highest BCUT2D eigenvalue weighted by Crippen LogP contribution is 2.58. The van der Waals surface area contributed by atoms with Gasteiger partial charge in [-0.05, 0) is 56.0 Å². The molecular formula is C17H20N4O. The molecule has 2 N–H and O–H groups in total. The van der Waals surface area contributed by atoms with Crippen molar-refractivity contribution in [1.29, 1.82) is 0 Å². The van der Waals surface area contributed by atoms with Crippen LogP contribution in [0.3, 0.4) is 0 Å². The van der Waals surface area contributed by atoms with E-state index in [2.05, 4.69) is 15.6 Å². The molecule has 2 aromatic rings. The Bertz CT molecular complexity index is 674. The molecule has 2 aliphatic rings. The number of piperidine rings is 1. The van der Waals surface area contributed by atoms with Crippen LogP contribution >= 0.6 is 0 Å². The van der Waals surface area contributed by atoms with Crippen molar-refractivity contribution in [2.75, 3.05) is 18.4 Å². The molecule has 1 aromatic heterocycles. The summed E-state index contributed by atoms with van der Waals surface area (Å²) in [5.41, 5.74) is 2.13. The first-order valence-electron chi connectivity index (χ1n) is 7.87. The third-order valence-corrected chi connectivity index (χ3v) is 5.02. The van der Waals surface area contributed by atoms with E-state index in [0.29, 0.717) is 0 Å². The van der Waals surface area contributed by atoms with Crippen molar-refractivity contribution in [3.63, 3.8) is 0 Å². The summed E-state index contributed by atoms with van der Waals surface area (Å²) in [4.78, 5) is 16.5. The molecule has 1 saturated carbocycles. The van der Waals surface area contributed by atoms with Gasteiger partial charge in [-0.2, -0.15) is 0 Å². The number of hydrogen-bond acceptors (Lipinski definition) is 3. The first-order chi connectivity index (χ1) is 10.8. The normalized spacial score (nSPS) is 22.5. The Kier molecular flexibility index (Phi) is 3.22. The number of carbonyl (C=O) groups excluding carboxylic acids is 1. The SMILES string of the molecule is O=C(Nc1cccc(-n2ccnc2)c1)C1CC12CCNCC2. The number of amides is 1. The zero-order chi connectivity index (χ0) is 15.0. The summed E-state index contributed by atoms with van der Waals surface area (Å²) >= 11 is 0. The topological polar surface area (TPSA) is 59.0 Å². The maximum atomic E-state index is 12.5. The summed E-state index contributed by atoms with van der Waals surface area (Å²) < 4.78 is 1.93. The highest BCUT2D eigenvalue weighted by atomic mass is 16.2. The number of benzene rings is 1. The standard InChI is InChI=1S/C17H20N4O/c22-16(15-11-17(15)4-6-18-7-5-17)20-13-2-1-3-14(10-13)21-9-8-19-12-21/h1-3,8-10,12,15,18H,4-7,11H2,(H,20,22). The van der Waals surface area contributed by atoms with Crippen molar-refractivity contribution in [1.82, 2.24) is 14.9 Å². The van der Waals surface area contributed by atoms with Gasteiger partial charge in [0.1, 0.15) is 0 Å². The lowest BCUT2D eigenvalue weighted by Crippen LogP contribution is -2.31. The molecule has 1 aliphatic carbocycles. The molecule has 5 heteroatoms. The van der Waals surface area contributed by atoms with Crippen LogP contribution in [0.4, 0.5) is 5.69 Å². The first-order valence-corrected chi connectivity index (χ1v) is 7.87. The summed E-state index contributed by atoms with van der Waals surface area (Å²) in [7, 11) is 0. The van der Waals surface area contributed by atoms with E-state index >= 15 is 0 Å². The van der Waals surface area contributed by atoms with E-state index in [1.165, 1.54) is 0 Å². The third kappa shape index (κ3) is 2.41. The van der Waals surface area contributed by atoms with Crippen molar-refractivity contribution in [2.24, 2.45) is 11.3 Å². The van der Waals surface area contributed by atoms with E-state index in [4.69, 9.17) is 0 Å². The van der Waals surface area contributed by atoms with Gasteiger partial charge in [-0.3, -0.25) is 4.79 Å². The molecule has 2 fully saturated rings. The minimum Gasteiger partial charge on any atom is -0.326 e. The molecule has 1 amide bonds. The Labute approximate surface area is 129 Å². The summed E-state index contributed by atoms with van der Waals surface area (Å²) in [5.74, 6) is 0.358. The molecule has 0 bridgehead atoms. The summed E-state index contributed by atoms with van der Waals surface area (Å²) in [6.45, 7) is 2.08. The molecule has 1 aliphatic heterocycles. The average Bonchev–Trinajstić information content (AvgIpc) is 3.00. The summed E-state index contributed by atoms with van der Waals surface area (Å²) in [6, 6.07) is 7.88. The lowest BCUT2D eigenvalue weighted by molar-refractivity contribution is -0.118. The van der Waals surface area contributed by atoms with E-state index < -0.39 is 0 Å². The van der Waals surface area contributed by atoms with Gasteiger partial charge < -0.3 is 15.2 Å². The van der Waals surface area contributed by atoms with Gasteiger partial charge in [0.15, 0.2) is 0 Å². The van der Waals surface area contributed by atoms with Gasteiger partial charge in [0, 0.05) is 29.7 Å². The third-order valence-electron chi connectivity index (χ3n) is 5.02. The predicted molar refractivity (Wildman–Crippen MR) is 84.8 cm³/mol. The highest BCUT2D eigenvalue weighted by Gasteiger charge is 2.57. The maximum absolute atomic E-state index is 12.5. The molecule has 1 saturated heterocycles. The number of aromatic nitrogens is 2. The van der Waals surface area contributed by atoms with Gasteiger partial charge in [0.25, 0.3) is 0 Å². The summed E-state index contributed by atoms with van der Waals surface area (Å²) in [6.07, 6.45) is 8.69. The lowest BCUT2D eigenvalue weighted by Gasteiger charge is -2.23. The molecule has 2 heterocycles. The smallest absolute Gasteiger partial charge is 0.228 e. The molecular weight excluding hydrogens is 276 g/mol. The van der Waals surface area contributed by atoms with Crippen LogP contribution in [0.1, 0.15) is 19.3 Å². The van der Waals surface area contributed by atoms with Crippen molar-refractivity contribution >= 4 is 11.6 Å². The van der Waals surface area contributed by atoms with Gasteiger partial charge in [0.2, 0.25) is 5.91 Å². The number of carbonyl (C=O) groups is 1. The minimum atomic E-state index is 0.171. The van der Waals surface area contributed by atoms with Crippen LogP contribution in [0.15, 0.2) is 43.0 Å². The molecule has 5 nitrogen and oxygen atoms in total. The van der Waals surface area contributed by atoms with E-state index in [9.17, 15) is 4.79 Å². The Morgan fingerprint density at radius 2 is 2.23 bits per heavy atom. The zero-order valence-electron chi connectivity index (χ0n) is 12.5. The number of hydrogen-bond donors (Lipinski definition) is 2. The second kappa shape index (κ2) is 5.25. The van der Waals surface area contributed by atoms with Crippen LogP contribution < -0.4 is 10.6 Å². The van der Waals surface area contributed by atoms with Crippen molar-refractivity contribution in [2.45, 2.75) is 19.3 Å². The molecule has 1 atom stereocenters. The Morgan fingerprint density at radius 1 is 1.36 bits per heavy atom. The van der Waals surface area contributed by atoms with Crippen molar-refractivity contribution in [3.05, 3.63) is 43.0 Å². The van der Waals surface area contributed by atoms with E-state index in [1.807, 2.05) is 35.0 Å². The number of imidazole rings is 1. The van der Waals surface area contributed by atoms with Crippen LogP contribution in [0, 0.1) is 11.3 Å². The minimum absolute atomic E-state index is 0.171. The van der Waals surface area contributed by atoms with E-state index in [-0.39, 0.29) is 17.2 Å². The molecule has 1 spiro atoms. The Morgan fingerprint density at radius 3 is 3.00 bits per heavy atom. The number of rotatable bonds is 3. The molecule has 4 rings (SSSR count). The largest absolute Gasteiger partial charge is 0.326 e. The van der Waals surface area contributed by atoms with Crippen LogP contribution in [0.25, 0.3) is 5.69 Å². The monoisotopic (exact) mass is 296 g/mol. The van der Waals surface area contributed by atoms with Crippen LogP contribution in [-0.2, 0) is 4.79 Å². The van der Waals surface area contributed by atoms with Gasteiger partial charge in [-0.15, -0.1) is 0 Å². The first kappa shape index (κ1) is 13.5. The second-order valence-corrected chi connectivity index (χ2v) is 6.38. The molecule has 1 aromatic carbocycles.